The second-order valence-electron chi connectivity index (χ2n) is 6.19. The quantitative estimate of drug-likeness (QED) is 0.435. The lowest BCUT2D eigenvalue weighted by Crippen LogP contribution is -2.21. The number of halogens is 3. The lowest BCUT2D eigenvalue weighted by Gasteiger charge is -2.14. The van der Waals surface area contributed by atoms with Crippen molar-refractivity contribution < 1.29 is 22.4 Å². The second-order valence-corrected chi connectivity index (χ2v) is 6.19. The molecule has 0 bridgehead atoms. The number of hydrogen-bond acceptors (Lipinski definition) is 3. The van der Waals surface area contributed by atoms with E-state index < -0.39 is 17.8 Å². The number of aromatic nitrogens is 1. The van der Waals surface area contributed by atoms with Crippen molar-refractivity contribution in [2.45, 2.75) is 6.18 Å². The van der Waals surface area contributed by atoms with Gasteiger partial charge in [-0.3, -0.25) is 0 Å². The number of fused-ring (bicyclic) bond motifs is 1. The predicted octanol–water partition coefficient (Wildman–Crippen LogP) is 6.16. The van der Waals surface area contributed by atoms with Crippen LogP contribution in [0.3, 0.4) is 0 Å². The molecule has 0 unspecified atom stereocenters. The summed E-state index contributed by atoms with van der Waals surface area (Å²) >= 11 is 0. The highest BCUT2D eigenvalue weighted by Crippen LogP contribution is 2.34. The van der Waals surface area contributed by atoms with Crippen molar-refractivity contribution in [2.75, 3.05) is 10.6 Å². The van der Waals surface area contributed by atoms with Crippen molar-refractivity contribution in [1.29, 1.82) is 0 Å². The smallest absolute Gasteiger partial charge is 0.418 e. The third-order valence-electron chi connectivity index (χ3n) is 4.16. The second kappa shape index (κ2) is 7.31. The molecule has 0 saturated carbocycles. The summed E-state index contributed by atoms with van der Waals surface area (Å²) in [5.41, 5.74) is 1.27. The molecule has 146 valence electrons. The standard InChI is InChI=1S/C21H14F3N3O2/c22-21(23,24)15-5-1-2-6-16(15)27-20(28)25-14-11-9-13(10-12-14)19-26-17-7-3-4-8-18(17)29-19/h1-12H,(H2,25,27,28). The van der Waals surface area contributed by atoms with E-state index in [4.69, 9.17) is 4.42 Å². The van der Waals surface area contributed by atoms with Crippen LogP contribution in [0, 0.1) is 0 Å². The Morgan fingerprint density at radius 2 is 1.55 bits per heavy atom. The summed E-state index contributed by atoms with van der Waals surface area (Å²) in [6.07, 6.45) is -4.56. The number of nitrogens with zero attached hydrogens (tertiary/aromatic N) is 1. The number of amides is 2. The van der Waals surface area contributed by atoms with Gasteiger partial charge >= 0.3 is 12.2 Å². The minimum Gasteiger partial charge on any atom is -0.436 e. The average molecular weight is 397 g/mol. The fourth-order valence-electron chi connectivity index (χ4n) is 2.82. The molecule has 0 saturated heterocycles. The first-order valence-electron chi connectivity index (χ1n) is 8.60. The van der Waals surface area contributed by atoms with Crippen LogP contribution in [0.2, 0.25) is 0 Å². The summed E-state index contributed by atoms with van der Waals surface area (Å²) in [6, 6.07) is 18.0. The molecular weight excluding hydrogens is 383 g/mol. The summed E-state index contributed by atoms with van der Waals surface area (Å²) in [6.45, 7) is 0. The van der Waals surface area contributed by atoms with Crippen LogP contribution >= 0.6 is 0 Å². The molecule has 0 fully saturated rings. The molecule has 4 aromatic rings. The number of oxazole rings is 1. The molecule has 0 spiro atoms. The number of alkyl halides is 3. The highest BCUT2D eigenvalue weighted by molar-refractivity contribution is 6.00. The van der Waals surface area contributed by atoms with E-state index in [9.17, 15) is 18.0 Å². The van der Waals surface area contributed by atoms with Gasteiger partial charge in [0.2, 0.25) is 5.89 Å². The topological polar surface area (TPSA) is 67.2 Å². The minimum absolute atomic E-state index is 0.319. The van der Waals surface area contributed by atoms with Gasteiger partial charge in [-0.2, -0.15) is 13.2 Å². The van der Waals surface area contributed by atoms with Gasteiger partial charge in [0.25, 0.3) is 0 Å². The highest BCUT2D eigenvalue weighted by atomic mass is 19.4. The van der Waals surface area contributed by atoms with Crippen molar-refractivity contribution in [3.63, 3.8) is 0 Å². The van der Waals surface area contributed by atoms with E-state index in [0.717, 1.165) is 11.6 Å². The zero-order chi connectivity index (χ0) is 20.4. The zero-order valence-corrected chi connectivity index (χ0v) is 14.8. The van der Waals surface area contributed by atoms with Crippen molar-refractivity contribution in [3.05, 3.63) is 78.4 Å². The van der Waals surface area contributed by atoms with Crippen LogP contribution in [0.25, 0.3) is 22.6 Å². The van der Waals surface area contributed by atoms with Gasteiger partial charge in [-0.25, -0.2) is 9.78 Å². The molecule has 3 aromatic carbocycles. The van der Waals surface area contributed by atoms with Gasteiger partial charge in [0.15, 0.2) is 5.58 Å². The average Bonchev–Trinajstić information content (AvgIpc) is 3.12. The predicted molar refractivity (Wildman–Crippen MR) is 104 cm³/mol. The Labute approximate surface area is 163 Å². The molecule has 0 aliphatic rings. The van der Waals surface area contributed by atoms with Crippen LogP contribution in [-0.2, 0) is 6.18 Å². The first-order chi connectivity index (χ1) is 13.9. The number of carbonyl (C=O) groups is 1. The van der Waals surface area contributed by atoms with E-state index in [1.165, 1.54) is 18.2 Å². The summed E-state index contributed by atoms with van der Waals surface area (Å²) in [5.74, 6) is 0.432. The van der Waals surface area contributed by atoms with Gasteiger partial charge in [-0.1, -0.05) is 24.3 Å². The number of carbonyl (C=O) groups excluding carboxylic acids is 1. The van der Waals surface area contributed by atoms with Crippen LogP contribution in [0.1, 0.15) is 5.56 Å². The fraction of sp³-hybridized carbons (Fsp3) is 0.0476. The van der Waals surface area contributed by atoms with Crippen molar-refractivity contribution in [2.24, 2.45) is 0 Å². The first kappa shape index (κ1) is 18.5. The van der Waals surface area contributed by atoms with Gasteiger partial charge in [0.05, 0.1) is 11.3 Å². The Morgan fingerprint density at radius 3 is 2.28 bits per heavy atom. The van der Waals surface area contributed by atoms with Gasteiger partial charge in [0.1, 0.15) is 5.52 Å². The normalized spacial score (nSPS) is 11.4. The molecule has 2 amide bonds. The Morgan fingerprint density at radius 1 is 0.862 bits per heavy atom. The summed E-state index contributed by atoms with van der Waals surface area (Å²) < 4.78 is 44.7. The monoisotopic (exact) mass is 397 g/mol. The number of rotatable bonds is 3. The molecule has 1 aromatic heterocycles. The number of anilines is 2. The first-order valence-corrected chi connectivity index (χ1v) is 8.60. The molecule has 5 nitrogen and oxygen atoms in total. The molecule has 4 rings (SSSR count). The Hall–Kier alpha value is -3.81. The molecule has 0 aliphatic carbocycles. The van der Waals surface area contributed by atoms with Gasteiger partial charge in [0, 0.05) is 11.3 Å². The van der Waals surface area contributed by atoms with E-state index in [0.29, 0.717) is 22.7 Å². The third-order valence-corrected chi connectivity index (χ3v) is 4.16. The molecular formula is C21H14F3N3O2. The summed E-state index contributed by atoms with van der Waals surface area (Å²) in [5, 5.41) is 4.73. The number of benzene rings is 3. The largest absolute Gasteiger partial charge is 0.436 e. The van der Waals surface area contributed by atoms with E-state index in [2.05, 4.69) is 15.6 Å². The van der Waals surface area contributed by atoms with Gasteiger partial charge < -0.3 is 15.1 Å². The van der Waals surface area contributed by atoms with Gasteiger partial charge in [-0.05, 0) is 48.5 Å². The van der Waals surface area contributed by atoms with E-state index in [1.807, 2.05) is 24.3 Å². The number of para-hydroxylation sites is 3. The Bertz CT molecular complexity index is 1130. The van der Waals surface area contributed by atoms with Crippen LogP contribution in [0.4, 0.5) is 29.3 Å². The molecule has 0 aliphatic heterocycles. The van der Waals surface area contributed by atoms with Crippen molar-refractivity contribution >= 4 is 28.5 Å². The lowest BCUT2D eigenvalue weighted by molar-refractivity contribution is -0.136. The maximum Gasteiger partial charge on any atom is 0.418 e. The molecule has 1 heterocycles. The SMILES string of the molecule is O=C(Nc1ccc(-c2nc3ccccc3o2)cc1)Nc1ccccc1C(F)(F)F. The van der Waals surface area contributed by atoms with Crippen LogP contribution in [0.5, 0.6) is 0 Å². The Balaban J connectivity index is 1.47. The zero-order valence-electron chi connectivity index (χ0n) is 14.8. The molecule has 8 heteroatoms. The highest BCUT2D eigenvalue weighted by Gasteiger charge is 2.33. The molecule has 2 N–H and O–H groups in total. The van der Waals surface area contributed by atoms with Crippen LogP contribution in [-0.4, -0.2) is 11.0 Å². The van der Waals surface area contributed by atoms with E-state index in [-0.39, 0.29) is 5.69 Å². The third kappa shape index (κ3) is 4.06. The van der Waals surface area contributed by atoms with E-state index >= 15 is 0 Å². The summed E-state index contributed by atoms with van der Waals surface area (Å²) in [7, 11) is 0. The minimum atomic E-state index is -4.56. The van der Waals surface area contributed by atoms with Crippen molar-refractivity contribution in [3.8, 4) is 11.5 Å². The lowest BCUT2D eigenvalue weighted by atomic mass is 10.1. The Kier molecular flexibility index (Phi) is 4.67. The number of hydrogen-bond donors (Lipinski definition) is 2. The number of urea groups is 1. The summed E-state index contributed by atoms with van der Waals surface area (Å²) in [4.78, 5) is 16.5. The molecule has 0 atom stereocenters. The maximum absolute atomic E-state index is 13.0. The van der Waals surface area contributed by atoms with E-state index in [1.54, 1.807) is 24.3 Å². The van der Waals surface area contributed by atoms with Crippen LogP contribution in [0.15, 0.2) is 77.2 Å². The number of nitrogens with one attached hydrogen (secondary N) is 2. The molecule has 0 radical (unpaired) electrons. The van der Waals surface area contributed by atoms with Crippen molar-refractivity contribution in [1.82, 2.24) is 4.98 Å². The van der Waals surface area contributed by atoms with Gasteiger partial charge in [-0.15, -0.1) is 0 Å². The fourth-order valence-corrected chi connectivity index (χ4v) is 2.82. The maximum atomic E-state index is 13.0. The molecule has 29 heavy (non-hydrogen) atoms. The van der Waals surface area contributed by atoms with Crippen LogP contribution < -0.4 is 10.6 Å².